The minimum absolute atomic E-state index is 0.0186. The molecule has 2 aromatic rings. The summed E-state index contributed by atoms with van der Waals surface area (Å²) in [5, 5.41) is 0. The number of halogens is 3. The second-order valence-corrected chi connectivity index (χ2v) is 3.64. The highest BCUT2D eigenvalue weighted by molar-refractivity contribution is 5.57. The van der Waals surface area contributed by atoms with Gasteiger partial charge in [-0.1, -0.05) is 12.1 Å². The molecular formula is C11H9F3N4. The summed E-state index contributed by atoms with van der Waals surface area (Å²) >= 11 is 0. The van der Waals surface area contributed by atoms with Crippen LogP contribution in [0.4, 0.5) is 19.1 Å². The summed E-state index contributed by atoms with van der Waals surface area (Å²) in [7, 11) is 0. The predicted octanol–water partition coefficient (Wildman–Crippen LogP) is 2.45. The highest BCUT2D eigenvalue weighted by Crippen LogP contribution is 2.31. The second-order valence-electron chi connectivity index (χ2n) is 3.64. The standard InChI is InChI=1S/C11H9F3N4/c1-6-16-9(18-10(15)17-6)7-3-2-4-8(5-7)11(12,13)14/h2-5H,1H3,(H2,15,16,17,18). The summed E-state index contributed by atoms with van der Waals surface area (Å²) in [5.41, 5.74) is 4.93. The van der Waals surface area contributed by atoms with Crippen LogP contribution in [0.2, 0.25) is 0 Å². The van der Waals surface area contributed by atoms with Crippen LogP contribution in [0.15, 0.2) is 24.3 Å². The fourth-order valence-electron chi connectivity index (χ4n) is 1.47. The molecule has 0 aliphatic heterocycles. The number of nitrogens with two attached hydrogens (primary N) is 1. The predicted molar refractivity (Wildman–Crippen MR) is 59.4 cm³/mol. The highest BCUT2D eigenvalue weighted by atomic mass is 19.4. The molecule has 0 fully saturated rings. The Balaban J connectivity index is 2.51. The molecule has 0 spiro atoms. The number of aryl methyl sites for hydroxylation is 1. The Morgan fingerprint density at radius 3 is 2.44 bits per heavy atom. The van der Waals surface area contributed by atoms with E-state index in [2.05, 4.69) is 15.0 Å². The van der Waals surface area contributed by atoms with E-state index in [4.69, 9.17) is 5.73 Å². The summed E-state index contributed by atoms with van der Waals surface area (Å²) in [6, 6.07) is 4.76. The first-order valence-electron chi connectivity index (χ1n) is 5.02. The third-order valence-corrected chi connectivity index (χ3v) is 2.21. The van der Waals surface area contributed by atoms with Crippen molar-refractivity contribution in [1.82, 2.24) is 15.0 Å². The lowest BCUT2D eigenvalue weighted by molar-refractivity contribution is -0.137. The lowest BCUT2D eigenvalue weighted by Crippen LogP contribution is -2.06. The normalized spacial score (nSPS) is 11.6. The molecule has 1 heterocycles. The Bertz CT molecular complexity index is 560. The van der Waals surface area contributed by atoms with Crippen LogP contribution in [0, 0.1) is 6.92 Å². The van der Waals surface area contributed by atoms with E-state index in [1.807, 2.05) is 0 Å². The molecule has 94 valence electrons. The molecule has 0 atom stereocenters. The number of hydrogen-bond donors (Lipinski definition) is 1. The van der Waals surface area contributed by atoms with Gasteiger partial charge < -0.3 is 5.73 Å². The molecule has 4 nitrogen and oxygen atoms in total. The van der Waals surface area contributed by atoms with Gasteiger partial charge in [0.05, 0.1) is 5.56 Å². The molecular weight excluding hydrogens is 245 g/mol. The smallest absolute Gasteiger partial charge is 0.368 e. The monoisotopic (exact) mass is 254 g/mol. The molecule has 0 amide bonds. The van der Waals surface area contributed by atoms with Crippen LogP contribution in [0.25, 0.3) is 11.4 Å². The largest absolute Gasteiger partial charge is 0.416 e. The van der Waals surface area contributed by atoms with E-state index in [0.717, 1.165) is 12.1 Å². The van der Waals surface area contributed by atoms with Crippen LogP contribution >= 0.6 is 0 Å². The van der Waals surface area contributed by atoms with Crippen molar-refractivity contribution in [3.8, 4) is 11.4 Å². The van der Waals surface area contributed by atoms with Crippen LogP contribution in [-0.4, -0.2) is 15.0 Å². The van der Waals surface area contributed by atoms with Crippen molar-refractivity contribution in [3.05, 3.63) is 35.7 Å². The Morgan fingerprint density at radius 2 is 1.83 bits per heavy atom. The summed E-state index contributed by atoms with van der Waals surface area (Å²) in [4.78, 5) is 11.5. The third-order valence-electron chi connectivity index (χ3n) is 2.21. The molecule has 1 aromatic carbocycles. The number of hydrogen-bond acceptors (Lipinski definition) is 4. The van der Waals surface area contributed by atoms with Crippen molar-refractivity contribution in [3.63, 3.8) is 0 Å². The molecule has 7 heteroatoms. The highest BCUT2D eigenvalue weighted by Gasteiger charge is 2.30. The average molecular weight is 254 g/mol. The van der Waals surface area contributed by atoms with Gasteiger partial charge in [0.1, 0.15) is 5.82 Å². The van der Waals surface area contributed by atoms with Crippen LogP contribution in [-0.2, 0) is 6.18 Å². The topological polar surface area (TPSA) is 64.7 Å². The van der Waals surface area contributed by atoms with E-state index < -0.39 is 11.7 Å². The van der Waals surface area contributed by atoms with Gasteiger partial charge in [0, 0.05) is 5.56 Å². The zero-order valence-electron chi connectivity index (χ0n) is 9.36. The summed E-state index contributed by atoms with van der Waals surface area (Å²) in [5.74, 6) is 0.468. The van der Waals surface area contributed by atoms with Crippen molar-refractivity contribution >= 4 is 5.95 Å². The Labute approximate surface area is 101 Å². The van der Waals surface area contributed by atoms with E-state index in [-0.39, 0.29) is 17.3 Å². The summed E-state index contributed by atoms with van der Waals surface area (Å²) < 4.78 is 37.7. The van der Waals surface area contributed by atoms with Crippen molar-refractivity contribution in [2.45, 2.75) is 13.1 Å². The van der Waals surface area contributed by atoms with E-state index in [9.17, 15) is 13.2 Å². The molecule has 0 saturated heterocycles. The minimum Gasteiger partial charge on any atom is -0.368 e. The van der Waals surface area contributed by atoms with Gasteiger partial charge in [-0.3, -0.25) is 0 Å². The molecule has 2 rings (SSSR count). The molecule has 18 heavy (non-hydrogen) atoms. The summed E-state index contributed by atoms with van der Waals surface area (Å²) in [6.07, 6.45) is -4.40. The first kappa shape index (κ1) is 12.3. The molecule has 0 saturated carbocycles. The fourth-order valence-corrected chi connectivity index (χ4v) is 1.47. The van der Waals surface area contributed by atoms with Crippen molar-refractivity contribution < 1.29 is 13.2 Å². The first-order chi connectivity index (χ1) is 8.36. The van der Waals surface area contributed by atoms with Gasteiger partial charge in [0.15, 0.2) is 5.82 Å². The molecule has 1 aromatic heterocycles. The van der Waals surface area contributed by atoms with Crippen LogP contribution in [0.1, 0.15) is 11.4 Å². The quantitative estimate of drug-likeness (QED) is 0.848. The zero-order chi connectivity index (χ0) is 13.3. The molecule has 0 unspecified atom stereocenters. The number of rotatable bonds is 1. The van der Waals surface area contributed by atoms with Gasteiger partial charge >= 0.3 is 6.18 Å². The maximum Gasteiger partial charge on any atom is 0.416 e. The average Bonchev–Trinajstić information content (AvgIpc) is 2.27. The van der Waals surface area contributed by atoms with Gasteiger partial charge in [-0.2, -0.15) is 23.1 Å². The first-order valence-corrected chi connectivity index (χ1v) is 5.02. The molecule has 0 bridgehead atoms. The van der Waals surface area contributed by atoms with Crippen molar-refractivity contribution in [1.29, 1.82) is 0 Å². The molecule has 0 aliphatic rings. The number of alkyl halides is 3. The second kappa shape index (κ2) is 4.25. The molecule has 0 aliphatic carbocycles. The van der Waals surface area contributed by atoms with Crippen LogP contribution < -0.4 is 5.73 Å². The molecule has 0 radical (unpaired) electrons. The Morgan fingerprint density at radius 1 is 1.11 bits per heavy atom. The van der Waals surface area contributed by atoms with E-state index in [1.165, 1.54) is 12.1 Å². The van der Waals surface area contributed by atoms with Crippen LogP contribution in [0.3, 0.4) is 0 Å². The van der Waals surface area contributed by atoms with E-state index in [0.29, 0.717) is 5.82 Å². The molecule has 2 N–H and O–H groups in total. The van der Waals surface area contributed by atoms with Gasteiger partial charge in [-0.05, 0) is 19.1 Å². The maximum atomic E-state index is 12.6. The van der Waals surface area contributed by atoms with Gasteiger partial charge in [0.25, 0.3) is 0 Å². The van der Waals surface area contributed by atoms with Gasteiger partial charge in [0.2, 0.25) is 5.95 Å². The lowest BCUT2D eigenvalue weighted by atomic mass is 10.1. The fraction of sp³-hybridized carbons (Fsp3) is 0.182. The van der Waals surface area contributed by atoms with Crippen molar-refractivity contribution in [2.75, 3.05) is 5.73 Å². The van der Waals surface area contributed by atoms with Crippen molar-refractivity contribution in [2.24, 2.45) is 0 Å². The van der Waals surface area contributed by atoms with Gasteiger partial charge in [-0.25, -0.2) is 4.98 Å². The van der Waals surface area contributed by atoms with Crippen LogP contribution in [0.5, 0.6) is 0 Å². The SMILES string of the molecule is Cc1nc(N)nc(-c2cccc(C(F)(F)F)c2)n1. The Kier molecular flexibility index (Phi) is 2.90. The minimum atomic E-state index is -4.40. The number of anilines is 1. The van der Waals surface area contributed by atoms with E-state index in [1.54, 1.807) is 6.92 Å². The maximum absolute atomic E-state index is 12.6. The zero-order valence-corrected chi connectivity index (χ0v) is 9.36. The number of nitrogen functional groups attached to an aromatic ring is 1. The lowest BCUT2D eigenvalue weighted by Gasteiger charge is -2.08. The Hall–Kier alpha value is -2.18. The summed E-state index contributed by atoms with van der Waals surface area (Å²) in [6.45, 7) is 1.59. The van der Waals surface area contributed by atoms with E-state index >= 15 is 0 Å². The number of aromatic nitrogens is 3. The number of nitrogens with zero attached hydrogens (tertiary/aromatic N) is 3. The number of benzene rings is 1. The van der Waals surface area contributed by atoms with Gasteiger partial charge in [-0.15, -0.1) is 0 Å². The third kappa shape index (κ3) is 2.55.